The fraction of sp³-hybridized carbons (Fsp3) is 0.600. The van der Waals surface area contributed by atoms with Crippen LogP contribution in [0.3, 0.4) is 0 Å². The third kappa shape index (κ3) is 3.77. The van der Waals surface area contributed by atoms with Crippen LogP contribution < -0.4 is 11.1 Å². The molecule has 3 N–H and O–H groups in total. The lowest BCUT2D eigenvalue weighted by atomic mass is 9.76. The van der Waals surface area contributed by atoms with Gasteiger partial charge in [0.1, 0.15) is 0 Å². The third-order valence-corrected chi connectivity index (χ3v) is 3.88. The van der Waals surface area contributed by atoms with Crippen LogP contribution in [0.1, 0.15) is 38.3 Å². The maximum Gasteiger partial charge on any atom is 0.240 e. The van der Waals surface area contributed by atoms with Crippen LogP contribution in [0.5, 0.6) is 0 Å². The Morgan fingerprint density at radius 2 is 2.42 bits per heavy atom. The number of rotatable bonds is 4. The van der Waals surface area contributed by atoms with Crippen molar-refractivity contribution in [2.75, 3.05) is 6.54 Å². The molecule has 0 radical (unpaired) electrons. The molecule has 1 aliphatic carbocycles. The average molecular weight is 261 g/mol. The molecule has 2 unspecified atom stereocenters. The fourth-order valence-corrected chi connectivity index (χ4v) is 2.82. The van der Waals surface area contributed by atoms with Crippen molar-refractivity contribution in [1.29, 1.82) is 0 Å². The van der Waals surface area contributed by atoms with E-state index < -0.39 is 5.54 Å². The summed E-state index contributed by atoms with van der Waals surface area (Å²) >= 11 is 0. The summed E-state index contributed by atoms with van der Waals surface area (Å²) < 4.78 is 0. The van der Waals surface area contributed by atoms with Crippen molar-refractivity contribution in [2.45, 2.75) is 44.6 Å². The van der Waals surface area contributed by atoms with Crippen molar-refractivity contribution in [3.8, 4) is 0 Å². The molecule has 1 saturated carbocycles. The van der Waals surface area contributed by atoms with Crippen LogP contribution in [0.15, 0.2) is 24.4 Å². The monoisotopic (exact) mass is 261 g/mol. The molecule has 0 spiro atoms. The van der Waals surface area contributed by atoms with E-state index in [-0.39, 0.29) is 5.91 Å². The maximum absolute atomic E-state index is 12.2. The third-order valence-electron chi connectivity index (χ3n) is 3.88. The largest absolute Gasteiger partial charge is 0.354 e. The van der Waals surface area contributed by atoms with Crippen LogP contribution >= 0.6 is 0 Å². The molecule has 4 nitrogen and oxygen atoms in total. The van der Waals surface area contributed by atoms with Crippen molar-refractivity contribution in [1.82, 2.24) is 10.3 Å². The van der Waals surface area contributed by atoms with Gasteiger partial charge >= 0.3 is 0 Å². The predicted octanol–water partition coefficient (Wildman–Crippen LogP) is 1.65. The molecular formula is C15H23N3O. The van der Waals surface area contributed by atoms with Crippen LogP contribution in [0.4, 0.5) is 0 Å². The highest BCUT2D eigenvalue weighted by Gasteiger charge is 2.37. The number of carbonyl (C=O) groups excluding carboxylic acids is 1. The minimum atomic E-state index is -0.665. The van der Waals surface area contributed by atoms with E-state index in [1.54, 1.807) is 6.20 Å². The molecule has 19 heavy (non-hydrogen) atoms. The highest BCUT2D eigenvalue weighted by atomic mass is 16.2. The Kier molecular flexibility index (Phi) is 4.53. The second kappa shape index (κ2) is 6.15. The summed E-state index contributed by atoms with van der Waals surface area (Å²) in [7, 11) is 0. The van der Waals surface area contributed by atoms with Crippen LogP contribution in [0.25, 0.3) is 0 Å². The number of pyridine rings is 1. The molecule has 1 aliphatic rings. The van der Waals surface area contributed by atoms with Gasteiger partial charge in [-0.3, -0.25) is 9.78 Å². The van der Waals surface area contributed by atoms with E-state index in [9.17, 15) is 4.79 Å². The lowest BCUT2D eigenvalue weighted by Crippen LogP contribution is -2.56. The first kappa shape index (κ1) is 14.0. The summed E-state index contributed by atoms with van der Waals surface area (Å²) in [6.07, 6.45) is 6.34. The molecule has 104 valence electrons. The second-order valence-corrected chi connectivity index (χ2v) is 5.68. The van der Waals surface area contributed by atoms with Crippen molar-refractivity contribution < 1.29 is 4.79 Å². The van der Waals surface area contributed by atoms with Gasteiger partial charge in [0.25, 0.3) is 0 Å². The quantitative estimate of drug-likeness (QED) is 0.866. The molecule has 4 heteroatoms. The molecule has 0 saturated heterocycles. The summed E-state index contributed by atoms with van der Waals surface area (Å²) in [6, 6.07) is 5.81. The molecule has 1 heterocycles. The van der Waals surface area contributed by atoms with Gasteiger partial charge in [0, 0.05) is 24.9 Å². The van der Waals surface area contributed by atoms with Crippen LogP contribution in [-0.4, -0.2) is 23.0 Å². The second-order valence-electron chi connectivity index (χ2n) is 5.68. The maximum atomic E-state index is 12.2. The topological polar surface area (TPSA) is 68.0 Å². The van der Waals surface area contributed by atoms with Gasteiger partial charge in [0.05, 0.1) is 5.54 Å². The first-order chi connectivity index (χ1) is 9.10. The summed E-state index contributed by atoms with van der Waals surface area (Å²) in [5.41, 5.74) is 6.57. The fourth-order valence-electron chi connectivity index (χ4n) is 2.82. The zero-order valence-corrected chi connectivity index (χ0v) is 11.6. The highest BCUT2D eigenvalue weighted by molar-refractivity contribution is 5.86. The number of hydrogen-bond acceptors (Lipinski definition) is 3. The summed E-state index contributed by atoms with van der Waals surface area (Å²) in [5.74, 6) is 0.537. The Hall–Kier alpha value is -1.42. The number of nitrogens with one attached hydrogen (secondary N) is 1. The molecule has 0 bridgehead atoms. The molecule has 2 rings (SSSR count). The van der Waals surface area contributed by atoms with E-state index in [4.69, 9.17) is 5.73 Å². The van der Waals surface area contributed by atoms with Gasteiger partial charge in [0.15, 0.2) is 0 Å². The van der Waals surface area contributed by atoms with Gasteiger partial charge in [-0.2, -0.15) is 0 Å². The van der Waals surface area contributed by atoms with E-state index in [2.05, 4.69) is 17.2 Å². The van der Waals surface area contributed by atoms with Gasteiger partial charge in [-0.25, -0.2) is 0 Å². The Labute approximate surface area is 114 Å². The van der Waals surface area contributed by atoms with Gasteiger partial charge in [-0.15, -0.1) is 0 Å². The SMILES string of the molecule is CC1CCCC(N)(C(=O)NCCc2ccccn2)C1. The average Bonchev–Trinajstić information content (AvgIpc) is 2.39. The van der Waals surface area contributed by atoms with Crippen molar-refractivity contribution in [2.24, 2.45) is 11.7 Å². The number of nitrogens with two attached hydrogens (primary N) is 1. The van der Waals surface area contributed by atoms with Gasteiger partial charge in [-0.05, 0) is 30.9 Å². The van der Waals surface area contributed by atoms with Crippen LogP contribution in [-0.2, 0) is 11.2 Å². The van der Waals surface area contributed by atoms with E-state index in [1.807, 2.05) is 18.2 Å². The lowest BCUT2D eigenvalue weighted by Gasteiger charge is -2.35. The highest BCUT2D eigenvalue weighted by Crippen LogP contribution is 2.30. The van der Waals surface area contributed by atoms with Gasteiger partial charge in [-0.1, -0.05) is 25.8 Å². The Morgan fingerprint density at radius 3 is 3.11 bits per heavy atom. The summed E-state index contributed by atoms with van der Waals surface area (Å²) in [4.78, 5) is 16.4. The van der Waals surface area contributed by atoms with Gasteiger partial charge < -0.3 is 11.1 Å². The Balaban J connectivity index is 1.81. The molecule has 1 aromatic rings. The van der Waals surface area contributed by atoms with E-state index in [0.717, 1.165) is 31.4 Å². The van der Waals surface area contributed by atoms with Crippen molar-refractivity contribution >= 4 is 5.91 Å². The van der Waals surface area contributed by atoms with Crippen molar-refractivity contribution in [3.05, 3.63) is 30.1 Å². The predicted molar refractivity (Wildman–Crippen MR) is 75.5 cm³/mol. The van der Waals surface area contributed by atoms with Crippen LogP contribution in [0.2, 0.25) is 0 Å². The minimum Gasteiger partial charge on any atom is -0.354 e. The number of carbonyl (C=O) groups is 1. The summed E-state index contributed by atoms with van der Waals surface area (Å²) in [5, 5.41) is 2.96. The Bertz CT molecular complexity index is 421. The summed E-state index contributed by atoms with van der Waals surface area (Å²) in [6.45, 7) is 2.77. The molecule has 1 amide bonds. The lowest BCUT2D eigenvalue weighted by molar-refractivity contribution is -0.128. The van der Waals surface area contributed by atoms with E-state index >= 15 is 0 Å². The molecular weight excluding hydrogens is 238 g/mol. The van der Waals surface area contributed by atoms with E-state index in [0.29, 0.717) is 12.5 Å². The molecule has 0 aliphatic heterocycles. The first-order valence-electron chi connectivity index (χ1n) is 7.07. The molecule has 0 aromatic carbocycles. The zero-order chi connectivity index (χ0) is 13.7. The van der Waals surface area contributed by atoms with Crippen molar-refractivity contribution in [3.63, 3.8) is 0 Å². The van der Waals surface area contributed by atoms with E-state index in [1.165, 1.54) is 6.42 Å². The Morgan fingerprint density at radius 1 is 1.58 bits per heavy atom. The standard InChI is InChI=1S/C15H23N3O/c1-12-5-4-8-15(16,11-12)14(19)18-10-7-13-6-2-3-9-17-13/h2-3,6,9,12H,4-5,7-8,10-11,16H2,1H3,(H,18,19). The zero-order valence-electron chi connectivity index (χ0n) is 11.6. The minimum absolute atomic E-state index is 0.00465. The first-order valence-corrected chi connectivity index (χ1v) is 7.07. The number of amides is 1. The number of hydrogen-bond donors (Lipinski definition) is 2. The smallest absolute Gasteiger partial charge is 0.240 e. The molecule has 1 fully saturated rings. The number of aromatic nitrogens is 1. The number of nitrogens with zero attached hydrogens (tertiary/aromatic N) is 1. The van der Waals surface area contributed by atoms with Gasteiger partial charge in [0.2, 0.25) is 5.91 Å². The van der Waals surface area contributed by atoms with Crippen LogP contribution in [0, 0.1) is 5.92 Å². The molecule has 1 aromatic heterocycles. The molecule has 2 atom stereocenters. The normalized spacial score (nSPS) is 26.9.